The van der Waals surface area contributed by atoms with Crippen LogP contribution >= 0.6 is 0 Å². The minimum absolute atomic E-state index is 0.209. The lowest BCUT2D eigenvalue weighted by Crippen LogP contribution is -2.35. The van der Waals surface area contributed by atoms with Crippen molar-refractivity contribution in [2.24, 2.45) is 0 Å². The monoisotopic (exact) mass is 315 g/mol. The Kier molecular flexibility index (Phi) is 6.48. The van der Waals surface area contributed by atoms with Gasteiger partial charge in [-0.25, -0.2) is 8.42 Å². The van der Waals surface area contributed by atoms with Crippen molar-refractivity contribution < 1.29 is 22.7 Å². The van der Waals surface area contributed by atoms with E-state index in [1.165, 1.54) is 0 Å². The third-order valence-electron chi connectivity index (χ3n) is 2.58. The standard InChI is InChI=1S/C14H21NO5S/c1-4-10-20-13-8-6-12(7-9-13)15(21(3,17)18)11-14(16)19-5-2/h6-9H,4-5,10-11H2,1-3H3. The second-order valence-corrected chi connectivity index (χ2v) is 6.32. The lowest BCUT2D eigenvalue weighted by atomic mass is 10.3. The Hall–Kier alpha value is -1.76. The Morgan fingerprint density at radius 1 is 1.19 bits per heavy atom. The predicted octanol–water partition coefficient (Wildman–Crippen LogP) is 1.80. The molecule has 0 N–H and O–H groups in total. The van der Waals surface area contributed by atoms with Crippen LogP contribution in [0, 0.1) is 0 Å². The van der Waals surface area contributed by atoms with E-state index in [0.29, 0.717) is 18.0 Å². The van der Waals surface area contributed by atoms with Crippen molar-refractivity contribution in [3.63, 3.8) is 0 Å². The van der Waals surface area contributed by atoms with Crippen molar-refractivity contribution in [3.05, 3.63) is 24.3 Å². The summed E-state index contributed by atoms with van der Waals surface area (Å²) in [5.74, 6) is 0.0689. The van der Waals surface area contributed by atoms with E-state index in [-0.39, 0.29) is 13.2 Å². The van der Waals surface area contributed by atoms with E-state index >= 15 is 0 Å². The molecule has 21 heavy (non-hydrogen) atoms. The average molecular weight is 315 g/mol. The summed E-state index contributed by atoms with van der Waals surface area (Å²) < 4.78 is 34.9. The first-order valence-corrected chi connectivity index (χ1v) is 8.59. The maximum absolute atomic E-state index is 11.8. The molecule has 0 radical (unpaired) electrons. The summed E-state index contributed by atoms with van der Waals surface area (Å²) in [5, 5.41) is 0. The highest BCUT2D eigenvalue weighted by Gasteiger charge is 2.21. The maximum atomic E-state index is 11.8. The number of carbonyl (C=O) groups is 1. The summed E-state index contributed by atoms with van der Waals surface area (Å²) in [4.78, 5) is 11.5. The first kappa shape index (κ1) is 17.3. The number of sulfonamides is 1. The minimum Gasteiger partial charge on any atom is -0.494 e. The Labute approximate surface area is 125 Å². The molecular weight excluding hydrogens is 294 g/mol. The van der Waals surface area contributed by atoms with Gasteiger partial charge in [-0.15, -0.1) is 0 Å². The summed E-state index contributed by atoms with van der Waals surface area (Å²) in [6, 6.07) is 6.55. The molecule has 1 aromatic rings. The molecule has 0 spiro atoms. The molecule has 0 aliphatic rings. The van der Waals surface area contributed by atoms with E-state index in [4.69, 9.17) is 9.47 Å². The molecule has 7 heteroatoms. The molecule has 118 valence electrons. The molecule has 0 saturated heterocycles. The number of nitrogens with zero attached hydrogens (tertiary/aromatic N) is 1. The molecular formula is C14H21NO5S. The SMILES string of the molecule is CCCOc1ccc(N(CC(=O)OCC)S(C)(=O)=O)cc1. The molecule has 0 bridgehead atoms. The number of benzene rings is 1. The average Bonchev–Trinajstić information content (AvgIpc) is 2.42. The number of esters is 1. The Morgan fingerprint density at radius 2 is 1.81 bits per heavy atom. The zero-order valence-electron chi connectivity index (χ0n) is 12.5. The fourth-order valence-electron chi connectivity index (χ4n) is 1.65. The normalized spacial score (nSPS) is 11.0. The molecule has 0 fully saturated rings. The van der Waals surface area contributed by atoms with Crippen LogP contribution in [-0.4, -0.2) is 40.4 Å². The van der Waals surface area contributed by atoms with Gasteiger partial charge in [-0.05, 0) is 37.6 Å². The van der Waals surface area contributed by atoms with Gasteiger partial charge in [0, 0.05) is 0 Å². The van der Waals surface area contributed by atoms with Crippen LogP contribution in [-0.2, 0) is 19.6 Å². The molecule has 0 unspecified atom stereocenters. The van der Waals surface area contributed by atoms with Gasteiger partial charge in [0.25, 0.3) is 0 Å². The van der Waals surface area contributed by atoms with Gasteiger partial charge in [-0.2, -0.15) is 0 Å². The van der Waals surface area contributed by atoms with Crippen LogP contribution in [0.3, 0.4) is 0 Å². The van der Waals surface area contributed by atoms with Gasteiger partial charge in [-0.3, -0.25) is 9.10 Å². The first-order chi connectivity index (χ1) is 9.88. The summed E-state index contributed by atoms with van der Waals surface area (Å²) in [6.07, 6.45) is 1.94. The van der Waals surface area contributed by atoms with E-state index in [0.717, 1.165) is 17.0 Å². The second-order valence-electron chi connectivity index (χ2n) is 4.42. The predicted molar refractivity (Wildman–Crippen MR) is 81.1 cm³/mol. The van der Waals surface area contributed by atoms with Gasteiger partial charge in [0.05, 0.1) is 25.2 Å². The van der Waals surface area contributed by atoms with Gasteiger partial charge in [0.2, 0.25) is 10.0 Å². The van der Waals surface area contributed by atoms with Crippen LogP contribution in [0.5, 0.6) is 5.75 Å². The molecule has 0 amide bonds. The summed E-state index contributed by atoms with van der Waals surface area (Å²) in [7, 11) is -3.57. The van der Waals surface area contributed by atoms with Crippen LogP contribution in [0.15, 0.2) is 24.3 Å². The quantitative estimate of drug-likeness (QED) is 0.684. The van der Waals surface area contributed by atoms with E-state index in [1.54, 1.807) is 31.2 Å². The van der Waals surface area contributed by atoms with Crippen molar-refractivity contribution >= 4 is 21.7 Å². The molecule has 6 nitrogen and oxygen atoms in total. The van der Waals surface area contributed by atoms with Crippen molar-refractivity contribution in [2.45, 2.75) is 20.3 Å². The lowest BCUT2D eigenvalue weighted by molar-refractivity contribution is -0.141. The molecule has 0 saturated carbocycles. The Bertz CT molecular complexity index is 553. The Morgan fingerprint density at radius 3 is 2.29 bits per heavy atom. The largest absolute Gasteiger partial charge is 0.494 e. The molecule has 0 aliphatic carbocycles. The third kappa shape index (κ3) is 5.63. The number of rotatable bonds is 8. The smallest absolute Gasteiger partial charge is 0.326 e. The number of anilines is 1. The maximum Gasteiger partial charge on any atom is 0.326 e. The summed E-state index contributed by atoms with van der Waals surface area (Å²) in [6.45, 7) is 4.13. The molecule has 1 aromatic carbocycles. The van der Waals surface area contributed by atoms with Crippen LogP contribution in [0.25, 0.3) is 0 Å². The number of ether oxygens (including phenoxy) is 2. The van der Waals surface area contributed by atoms with E-state index in [2.05, 4.69) is 0 Å². The fourth-order valence-corrected chi connectivity index (χ4v) is 2.50. The van der Waals surface area contributed by atoms with Gasteiger partial charge in [0.15, 0.2) is 0 Å². The van der Waals surface area contributed by atoms with Crippen LogP contribution in [0.4, 0.5) is 5.69 Å². The molecule has 0 aliphatic heterocycles. The van der Waals surface area contributed by atoms with Crippen molar-refractivity contribution in [1.29, 1.82) is 0 Å². The fraction of sp³-hybridized carbons (Fsp3) is 0.500. The van der Waals surface area contributed by atoms with Gasteiger partial charge >= 0.3 is 5.97 Å². The Balaban J connectivity index is 2.91. The van der Waals surface area contributed by atoms with Crippen molar-refractivity contribution in [1.82, 2.24) is 0 Å². The number of carbonyl (C=O) groups excluding carboxylic acids is 1. The molecule has 0 heterocycles. The molecule has 0 aromatic heterocycles. The van der Waals surface area contributed by atoms with Crippen LogP contribution in [0.2, 0.25) is 0 Å². The zero-order valence-corrected chi connectivity index (χ0v) is 13.4. The lowest BCUT2D eigenvalue weighted by Gasteiger charge is -2.21. The molecule has 1 rings (SSSR count). The highest BCUT2D eigenvalue weighted by molar-refractivity contribution is 7.92. The van der Waals surface area contributed by atoms with Crippen LogP contribution < -0.4 is 9.04 Å². The highest BCUT2D eigenvalue weighted by atomic mass is 32.2. The van der Waals surface area contributed by atoms with E-state index < -0.39 is 16.0 Å². The first-order valence-electron chi connectivity index (χ1n) is 6.74. The number of hydrogen-bond donors (Lipinski definition) is 0. The third-order valence-corrected chi connectivity index (χ3v) is 3.72. The van der Waals surface area contributed by atoms with E-state index in [1.807, 2.05) is 6.92 Å². The number of hydrogen-bond acceptors (Lipinski definition) is 5. The van der Waals surface area contributed by atoms with Gasteiger partial charge in [0.1, 0.15) is 12.3 Å². The van der Waals surface area contributed by atoms with Gasteiger partial charge < -0.3 is 9.47 Å². The highest BCUT2D eigenvalue weighted by Crippen LogP contribution is 2.21. The summed E-state index contributed by atoms with van der Waals surface area (Å²) in [5.41, 5.74) is 0.398. The van der Waals surface area contributed by atoms with Crippen molar-refractivity contribution in [3.8, 4) is 5.75 Å². The minimum atomic E-state index is -3.57. The topological polar surface area (TPSA) is 72.9 Å². The van der Waals surface area contributed by atoms with Gasteiger partial charge in [-0.1, -0.05) is 6.92 Å². The molecule has 0 atom stereocenters. The second kappa shape index (κ2) is 7.87. The van der Waals surface area contributed by atoms with Crippen LogP contribution in [0.1, 0.15) is 20.3 Å². The zero-order chi connectivity index (χ0) is 15.9. The summed E-state index contributed by atoms with van der Waals surface area (Å²) >= 11 is 0. The van der Waals surface area contributed by atoms with E-state index in [9.17, 15) is 13.2 Å². The van der Waals surface area contributed by atoms with Crippen molar-refractivity contribution in [2.75, 3.05) is 30.3 Å².